The van der Waals surface area contributed by atoms with Crippen molar-refractivity contribution in [2.24, 2.45) is 0 Å². The second-order valence-electron chi connectivity index (χ2n) is 5.37. The molecule has 0 spiro atoms. The Kier molecular flexibility index (Phi) is 3.74. The fourth-order valence-electron chi connectivity index (χ4n) is 1.77. The van der Waals surface area contributed by atoms with Gasteiger partial charge in [-0.05, 0) is 39.0 Å². The van der Waals surface area contributed by atoms with Crippen molar-refractivity contribution in [3.8, 4) is 11.3 Å². The van der Waals surface area contributed by atoms with Gasteiger partial charge < -0.3 is 9.15 Å². The molecule has 0 amide bonds. The lowest BCUT2D eigenvalue weighted by Gasteiger charge is -2.20. The molecule has 0 aliphatic carbocycles. The minimum Gasteiger partial charge on any atom is -0.456 e. The molecule has 0 saturated heterocycles. The fraction of sp³-hybridized carbons (Fsp3) is 0.250. The summed E-state index contributed by atoms with van der Waals surface area (Å²) in [4.78, 5) is 22.9. The number of ether oxygens (including phenoxy) is 1. The van der Waals surface area contributed by atoms with Crippen molar-refractivity contribution in [3.63, 3.8) is 0 Å². The zero-order chi connectivity index (χ0) is 14.8. The molecule has 0 aliphatic rings. The summed E-state index contributed by atoms with van der Waals surface area (Å²) in [6.45, 7) is 5.43. The van der Waals surface area contributed by atoms with Crippen molar-refractivity contribution >= 4 is 12.3 Å². The Morgan fingerprint density at radius 3 is 2.45 bits per heavy atom. The van der Waals surface area contributed by atoms with E-state index in [0.717, 1.165) is 0 Å². The van der Waals surface area contributed by atoms with E-state index < -0.39 is 11.6 Å². The fourth-order valence-corrected chi connectivity index (χ4v) is 1.77. The van der Waals surface area contributed by atoms with Crippen LogP contribution in [0.3, 0.4) is 0 Å². The highest BCUT2D eigenvalue weighted by molar-refractivity contribution is 5.96. The Hall–Kier alpha value is -2.36. The number of carbonyl (C=O) groups is 2. The first-order valence-corrected chi connectivity index (χ1v) is 6.28. The third-order valence-corrected chi connectivity index (χ3v) is 2.55. The van der Waals surface area contributed by atoms with Gasteiger partial charge in [0.2, 0.25) is 0 Å². The minimum absolute atomic E-state index is 0.221. The van der Waals surface area contributed by atoms with Crippen LogP contribution in [0.4, 0.5) is 0 Å². The van der Waals surface area contributed by atoms with Gasteiger partial charge in [0.25, 0.3) is 0 Å². The molecule has 0 N–H and O–H groups in total. The van der Waals surface area contributed by atoms with Gasteiger partial charge in [0.15, 0.2) is 12.0 Å². The van der Waals surface area contributed by atoms with Crippen LogP contribution in [0.1, 0.15) is 41.7 Å². The van der Waals surface area contributed by atoms with Gasteiger partial charge in [-0.15, -0.1) is 0 Å². The highest BCUT2D eigenvalue weighted by Gasteiger charge is 2.21. The Balaban J connectivity index is 2.40. The average Bonchev–Trinajstić information content (AvgIpc) is 2.85. The normalized spacial score (nSPS) is 11.2. The predicted octanol–water partition coefficient (Wildman–Crippen LogP) is 3.71. The third-order valence-electron chi connectivity index (χ3n) is 2.55. The van der Waals surface area contributed by atoms with Crippen LogP contribution in [0.25, 0.3) is 11.3 Å². The summed E-state index contributed by atoms with van der Waals surface area (Å²) >= 11 is 0. The van der Waals surface area contributed by atoms with Gasteiger partial charge in [-0.3, -0.25) is 4.79 Å². The topological polar surface area (TPSA) is 56.5 Å². The lowest BCUT2D eigenvalue weighted by molar-refractivity contribution is 0.00702. The zero-order valence-corrected chi connectivity index (χ0v) is 11.7. The predicted molar refractivity (Wildman–Crippen MR) is 74.7 cm³/mol. The van der Waals surface area contributed by atoms with Gasteiger partial charge in [0.05, 0.1) is 5.56 Å². The molecule has 2 aromatic rings. The van der Waals surface area contributed by atoms with Crippen LogP contribution < -0.4 is 0 Å². The monoisotopic (exact) mass is 272 g/mol. The van der Waals surface area contributed by atoms with Crippen LogP contribution in [0, 0.1) is 0 Å². The zero-order valence-electron chi connectivity index (χ0n) is 11.7. The molecule has 20 heavy (non-hydrogen) atoms. The molecular weight excluding hydrogens is 256 g/mol. The van der Waals surface area contributed by atoms with E-state index in [-0.39, 0.29) is 5.76 Å². The maximum atomic E-state index is 12.2. The maximum Gasteiger partial charge on any atom is 0.339 e. The number of rotatable bonds is 3. The second kappa shape index (κ2) is 5.33. The van der Waals surface area contributed by atoms with Crippen molar-refractivity contribution in [2.45, 2.75) is 26.4 Å². The molecule has 2 rings (SSSR count). The summed E-state index contributed by atoms with van der Waals surface area (Å²) < 4.78 is 10.7. The second-order valence-corrected chi connectivity index (χ2v) is 5.37. The molecule has 0 aliphatic heterocycles. The largest absolute Gasteiger partial charge is 0.456 e. The molecule has 0 saturated carbocycles. The van der Waals surface area contributed by atoms with Crippen molar-refractivity contribution in [3.05, 3.63) is 47.7 Å². The number of carbonyl (C=O) groups excluding carboxylic acids is 2. The summed E-state index contributed by atoms with van der Waals surface area (Å²) in [5.74, 6) is 0.268. The first-order chi connectivity index (χ1) is 9.40. The molecule has 4 heteroatoms. The van der Waals surface area contributed by atoms with Crippen LogP contribution >= 0.6 is 0 Å². The smallest absolute Gasteiger partial charge is 0.339 e. The van der Waals surface area contributed by atoms with E-state index in [0.29, 0.717) is 23.2 Å². The molecular formula is C16H16O4. The summed E-state index contributed by atoms with van der Waals surface area (Å²) in [5, 5.41) is 0. The van der Waals surface area contributed by atoms with Gasteiger partial charge in [-0.1, -0.05) is 18.2 Å². The first-order valence-electron chi connectivity index (χ1n) is 6.28. The Morgan fingerprint density at radius 2 is 1.85 bits per heavy atom. The first kappa shape index (κ1) is 14.1. The van der Waals surface area contributed by atoms with Crippen LogP contribution in [-0.4, -0.2) is 17.9 Å². The van der Waals surface area contributed by atoms with E-state index in [9.17, 15) is 9.59 Å². The van der Waals surface area contributed by atoms with E-state index >= 15 is 0 Å². The van der Waals surface area contributed by atoms with Gasteiger partial charge >= 0.3 is 5.97 Å². The molecule has 4 nitrogen and oxygen atoms in total. The van der Waals surface area contributed by atoms with Crippen LogP contribution in [-0.2, 0) is 4.74 Å². The standard InChI is InChI=1S/C16H16O4/c1-16(2,3)20-15(18)13-7-5-4-6-12(13)14-9-8-11(10-17)19-14/h4-10H,1-3H3. The summed E-state index contributed by atoms with van der Waals surface area (Å²) in [6.07, 6.45) is 0.625. The van der Waals surface area contributed by atoms with Gasteiger partial charge in [-0.25, -0.2) is 4.79 Å². The van der Waals surface area contributed by atoms with Crippen molar-refractivity contribution in [2.75, 3.05) is 0 Å². The molecule has 1 heterocycles. The molecule has 1 aromatic heterocycles. The SMILES string of the molecule is CC(C)(C)OC(=O)c1ccccc1-c1ccc(C=O)o1. The van der Waals surface area contributed by atoms with Gasteiger partial charge in [0.1, 0.15) is 11.4 Å². The highest BCUT2D eigenvalue weighted by atomic mass is 16.6. The summed E-state index contributed by atoms with van der Waals surface area (Å²) in [6, 6.07) is 10.2. The Labute approximate surface area is 117 Å². The van der Waals surface area contributed by atoms with E-state index in [2.05, 4.69) is 0 Å². The maximum absolute atomic E-state index is 12.2. The molecule has 104 valence electrons. The number of hydrogen-bond acceptors (Lipinski definition) is 4. The molecule has 0 unspecified atom stereocenters. The Bertz CT molecular complexity index is 632. The number of esters is 1. The lowest BCUT2D eigenvalue weighted by atomic mass is 10.1. The van der Waals surface area contributed by atoms with E-state index in [1.807, 2.05) is 20.8 Å². The van der Waals surface area contributed by atoms with Crippen molar-refractivity contribution in [1.82, 2.24) is 0 Å². The molecule has 0 bridgehead atoms. The summed E-state index contributed by atoms with van der Waals surface area (Å²) in [7, 11) is 0. The van der Waals surface area contributed by atoms with Crippen molar-refractivity contribution < 1.29 is 18.7 Å². The third kappa shape index (κ3) is 3.15. The van der Waals surface area contributed by atoms with Crippen molar-refractivity contribution in [1.29, 1.82) is 0 Å². The molecule has 1 aromatic carbocycles. The number of aldehydes is 1. The summed E-state index contributed by atoms with van der Waals surface area (Å²) in [5.41, 5.74) is 0.450. The van der Waals surface area contributed by atoms with Crippen LogP contribution in [0.15, 0.2) is 40.8 Å². The quantitative estimate of drug-likeness (QED) is 0.631. The van der Waals surface area contributed by atoms with E-state index in [4.69, 9.17) is 9.15 Å². The number of hydrogen-bond donors (Lipinski definition) is 0. The molecule has 0 radical (unpaired) electrons. The van der Waals surface area contributed by atoms with Crippen LogP contribution in [0.5, 0.6) is 0 Å². The molecule has 0 atom stereocenters. The molecule has 0 fully saturated rings. The average molecular weight is 272 g/mol. The number of benzene rings is 1. The highest BCUT2D eigenvalue weighted by Crippen LogP contribution is 2.27. The minimum atomic E-state index is -0.568. The lowest BCUT2D eigenvalue weighted by Crippen LogP contribution is -2.24. The number of furan rings is 1. The van der Waals surface area contributed by atoms with Crippen LogP contribution in [0.2, 0.25) is 0 Å². The van der Waals surface area contributed by atoms with E-state index in [1.165, 1.54) is 0 Å². The van der Waals surface area contributed by atoms with E-state index in [1.54, 1.807) is 36.4 Å². The van der Waals surface area contributed by atoms with Gasteiger partial charge in [-0.2, -0.15) is 0 Å². The van der Waals surface area contributed by atoms with Gasteiger partial charge in [0, 0.05) is 5.56 Å². The Morgan fingerprint density at radius 1 is 1.15 bits per heavy atom.